The average molecular weight is 373 g/mol. The Bertz CT molecular complexity index is 467. The number of carbonyl (C=O) groups excluding carboxylic acids is 1. The highest BCUT2D eigenvalue weighted by Crippen LogP contribution is 2.18. The Hall–Kier alpha value is -1.11. The number of Topliss-reactive ketones (excluding diaryl/α,β-unsaturated/α-hetero) is 1. The SMILES string of the molecule is CCCCCCCCCc1cc(CCCCCCCCC)cc(C(C)=O)c1. The highest BCUT2D eigenvalue weighted by Gasteiger charge is 2.05. The lowest BCUT2D eigenvalue weighted by Gasteiger charge is -2.09. The van der Waals surface area contributed by atoms with E-state index in [9.17, 15) is 4.79 Å². The highest BCUT2D eigenvalue weighted by atomic mass is 16.1. The summed E-state index contributed by atoms with van der Waals surface area (Å²) in [6.07, 6.45) is 21.0. The Morgan fingerprint density at radius 2 is 0.963 bits per heavy atom. The molecule has 1 rings (SSSR count). The third kappa shape index (κ3) is 12.1. The van der Waals surface area contributed by atoms with E-state index in [0.29, 0.717) is 0 Å². The van der Waals surface area contributed by atoms with Crippen molar-refractivity contribution in [1.82, 2.24) is 0 Å². The lowest BCUT2D eigenvalue weighted by Crippen LogP contribution is -1.99. The first-order chi connectivity index (χ1) is 13.2. The molecule has 0 unspecified atom stereocenters. The number of ketones is 1. The van der Waals surface area contributed by atoms with E-state index in [1.807, 2.05) is 0 Å². The van der Waals surface area contributed by atoms with Crippen molar-refractivity contribution >= 4 is 5.78 Å². The third-order valence-electron chi connectivity index (χ3n) is 5.60. The summed E-state index contributed by atoms with van der Waals surface area (Å²) in [7, 11) is 0. The van der Waals surface area contributed by atoms with Crippen molar-refractivity contribution in [2.24, 2.45) is 0 Å². The molecule has 1 aromatic rings. The Morgan fingerprint density at radius 1 is 0.593 bits per heavy atom. The topological polar surface area (TPSA) is 17.1 Å². The van der Waals surface area contributed by atoms with Crippen LogP contribution >= 0.6 is 0 Å². The average Bonchev–Trinajstić information content (AvgIpc) is 2.66. The maximum Gasteiger partial charge on any atom is 0.159 e. The molecule has 0 spiro atoms. The highest BCUT2D eigenvalue weighted by molar-refractivity contribution is 5.94. The van der Waals surface area contributed by atoms with Gasteiger partial charge in [0, 0.05) is 5.56 Å². The number of aryl methyl sites for hydroxylation is 2. The van der Waals surface area contributed by atoms with Crippen LogP contribution in [-0.4, -0.2) is 5.78 Å². The fourth-order valence-corrected chi connectivity index (χ4v) is 3.83. The van der Waals surface area contributed by atoms with Crippen LogP contribution < -0.4 is 0 Å². The number of unbranched alkanes of at least 4 members (excludes halogenated alkanes) is 12. The minimum Gasteiger partial charge on any atom is -0.295 e. The molecule has 1 aromatic carbocycles. The van der Waals surface area contributed by atoms with Crippen LogP contribution in [0.5, 0.6) is 0 Å². The van der Waals surface area contributed by atoms with Gasteiger partial charge in [-0.3, -0.25) is 4.79 Å². The first-order valence-electron chi connectivity index (χ1n) is 11.8. The number of rotatable bonds is 17. The maximum absolute atomic E-state index is 11.9. The maximum atomic E-state index is 11.9. The minimum absolute atomic E-state index is 0.206. The van der Waals surface area contributed by atoms with Gasteiger partial charge in [-0.25, -0.2) is 0 Å². The van der Waals surface area contributed by atoms with Gasteiger partial charge in [-0.1, -0.05) is 97.0 Å². The summed E-state index contributed by atoms with van der Waals surface area (Å²) >= 11 is 0. The van der Waals surface area contributed by atoms with E-state index in [1.165, 1.54) is 101 Å². The van der Waals surface area contributed by atoms with Crippen LogP contribution in [0.25, 0.3) is 0 Å². The Labute approximate surface area is 169 Å². The Balaban J connectivity index is 2.38. The molecular weight excluding hydrogens is 328 g/mol. The summed E-state index contributed by atoms with van der Waals surface area (Å²) in [6.45, 7) is 6.24. The van der Waals surface area contributed by atoms with Crippen molar-refractivity contribution in [3.05, 3.63) is 34.9 Å². The van der Waals surface area contributed by atoms with E-state index in [0.717, 1.165) is 18.4 Å². The van der Waals surface area contributed by atoms with Gasteiger partial charge < -0.3 is 0 Å². The molecule has 154 valence electrons. The van der Waals surface area contributed by atoms with Crippen molar-refractivity contribution in [3.63, 3.8) is 0 Å². The molecule has 0 aliphatic carbocycles. The molecule has 0 fully saturated rings. The van der Waals surface area contributed by atoms with E-state index in [4.69, 9.17) is 0 Å². The fourth-order valence-electron chi connectivity index (χ4n) is 3.83. The van der Waals surface area contributed by atoms with E-state index in [-0.39, 0.29) is 5.78 Å². The predicted molar refractivity (Wildman–Crippen MR) is 120 cm³/mol. The Morgan fingerprint density at radius 3 is 1.33 bits per heavy atom. The van der Waals surface area contributed by atoms with Crippen molar-refractivity contribution in [3.8, 4) is 0 Å². The van der Waals surface area contributed by atoms with E-state index < -0.39 is 0 Å². The predicted octanol–water partition coefficient (Wildman–Crippen LogP) is 8.48. The molecule has 0 saturated carbocycles. The van der Waals surface area contributed by atoms with E-state index in [1.54, 1.807) is 6.92 Å². The molecule has 1 nitrogen and oxygen atoms in total. The summed E-state index contributed by atoms with van der Waals surface area (Å²) in [4.78, 5) is 11.9. The van der Waals surface area contributed by atoms with Crippen molar-refractivity contribution in [2.45, 2.75) is 124 Å². The molecule has 0 amide bonds. The Kier molecular flexibility index (Phi) is 14.1. The zero-order valence-electron chi connectivity index (χ0n) is 18.5. The van der Waals surface area contributed by atoms with Gasteiger partial charge in [0.05, 0.1) is 0 Å². The van der Waals surface area contributed by atoms with Crippen LogP contribution in [-0.2, 0) is 12.8 Å². The van der Waals surface area contributed by atoms with Gasteiger partial charge in [-0.05, 0) is 55.9 Å². The molecule has 27 heavy (non-hydrogen) atoms. The zero-order chi connectivity index (χ0) is 19.7. The van der Waals surface area contributed by atoms with Gasteiger partial charge in [-0.2, -0.15) is 0 Å². The molecule has 0 aliphatic heterocycles. The van der Waals surface area contributed by atoms with Gasteiger partial charge in [0.25, 0.3) is 0 Å². The summed E-state index contributed by atoms with van der Waals surface area (Å²) in [6, 6.07) is 6.63. The van der Waals surface area contributed by atoms with Crippen molar-refractivity contribution < 1.29 is 4.79 Å². The van der Waals surface area contributed by atoms with Crippen LogP contribution in [0.3, 0.4) is 0 Å². The smallest absolute Gasteiger partial charge is 0.159 e. The van der Waals surface area contributed by atoms with Crippen molar-refractivity contribution in [2.75, 3.05) is 0 Å². The molecule has 0 radical (unpaired) electrons. The molecular formula is C26H44O. The number of hydrogen-bond acceptors (Lipinski definition) is 1. The number of benzene rings is 1. The van der Waals surface area contributed by atoms with Crippen LogP contribution in [0.4, 0.5) is 0 Å². The monoisotopic (exact) mass is 372 g/mol. The van der Waals surface area contributed by atoms with Crippen LogP contribution in [0, 0.1) is 0 Å². The first-order valence-corrected chi connectivity index (χ1v) is 11.8. The standard InChI is InChI=1S/C26H44O/c1-4-6-8-10-12-14-16-18-24-20-25(22-26(21-24)23(3)27)19-17-15-13-11-9-7-5-2/h20-22H,4-19H2,1-3H3. The second-order valence-corrected chi connectivity index (χ2v) is 8.34. The van der Waals surface area contributed by atoms with Crippen LogP contribution in [0.2, 0.25) is 0 Å². The lowest BCUT2D eigenvalue weighted by atomic mass is 9.96. The largest absolute Gasteiger partial charge is 0.295 e. The first kappa shape index (κ1) is 23.9. The molecule has 0 heterocycles. The quantitative estimate of drug-likeness (QED) is 0.198. The summed E-state index contributed by atoms with van der Waals surface area (Å²) < 4.78 is 0. The van der Waals surface area contributed by atoms with E-state index >= 15 is 0 Å². The summed E-state index contributed by atoms with van der Waals surface area (Å²) in [5.41, 5.74) is 3.65. The van der Waals surface area contributed by atoms with Gasteiger partial charge in [0.1, 0.15) is 0 Å². The molecule has 0 aliphatic rings. The van der Waals surface area contributed by atoms with Crippen LogP contribution in [0.1, 0.15) is 132 Å². The second kappa shape index (κ2) is 15.9. The van der Waals surface area contributed by atoms with Crippen molar-refractivity contribution in [1.29, 1.82) is 0 Å². The van der Waals surface area contributed by atoms with E-state index in [2.05, 4.69) is 32.0 Å². The third-order valence-corrected chi connectivity index (χ3v) is 5.60. The molecule has 0 saturated heterocycles. The van der Waals surface area contributed by atoms with Gasteiger partial charge in [0.15, 0.2) is 5.78 Å². The number of carbonyl (C=O) groups is 1. The summed E-state index contributed by atoms with van der Waals surface area (Å²) in [5, 5.41) is 0. The number of hydrogen-bond donors (Lipinski definition) is 0. The van der Waals surface area contributed by atoms with Crippen LogP contribution in [0.15, 0.2) is 18.2 Å². The zero-order valence-corrected chi connectivity index (χ0v) is 18.5. The molecule has 0 atom stereocenters. The molecule has 0 bridgehead atoms. The fraction of sp³-hybridized carbons (Fsp3) is 0.731. The minimum atomic E-state index is 0.206. The lowest BCUT2D eigenvalue weighted by molar-refractivity contribution is 0.101. The van der Waals surface area contributed by atoms with Gasteiger partial charge >= 0.3 is 0 Å². The molecule has 0 aromatic heterocycles. The summed E-state index contributed by atoms with van der Waals surface area (Å²) in [5.74, 6) is 0.206. The van der Waals surface area contributed by atoms with Gasteiger partial charge in [-0.15, -0.1) is 0 Å². The second-order valence-electron chi connectivity index (χ2n) is 8.34. The molecule has 1 heteroatoms. The normalized spacial score (nSPS) is 11.1. The van der Waals surface area contributed by atoms with Gasteiger partial charge in [0.2, 0.25) is 0 Å². The molecule has 0 N–H and O–H groups in total.